The molecule has 0 unspecified atom stereocenters. The first kappa shape index (κ1) is 27.5. The molecule has 0 bridgehead atoms. The van der Waals surface area contributed by atoms with Crippen LogP contribution in [0, 0.1) is 11.6 Å². The standard InChI is InChI=1S/C32H26F2N4O3/c1-41-25-10-6-22(7-11-25)16-31-36-17-24-14-21(9-13-29(24)37-31)4-2-3-5-30(39)26-18-35-20-38(32(26)40)19-23-8-12-27(33)28(34)15-23/h2,4,6-15,17-18,20H,3,5,16,19H2,1H3/b4-2+. The lowest BCUT2D eigenvalue weighted by atomic mass is 10.1. The van der Waals surface area contributed by atoms with Crippen LogP contribution in [-0.2, 0) is 13.0 Å². The summed E-state index contributed by atoms with van der Waals surface area (Å²) in [6, 6.07) is 17.1. The molecule has 5 rings (SSSR count). The van der Waals surface area contributed by atoms with E-state index in [1.165, 1.54) is 23.2 Å². The van der Waals surface area contributed by atoms with Gasteiger partial charge in [0.25, 0.3) is 5.56 Å². The highest BCUT2D eigenvalue weighted by Gasteiger charge is 2.13. The Morgan fingerprint density at radius 3 is 2.56 bits per heavy atom. The molecule has 2 aromatic heterocycles. The summed E-state index contributed by atoms with van der Waals surface area (Å²) in [4.78, 5) is 38.7. The van der Waals surface area contributed by atoms with Crippen LogP contribution in [0.3, 0.4) is 0 Å². The van der Waals surface area contributed by atoms with Crippen molar-refractivity contribution in [3.63, 3.8) is 0 Å². The van der Waals surface area contributed by atoms with E-state index in [0.29, 0.717) is 18.4 Å². The number of allylic oxidation sites excluding steroid dienone is 1. The number of carbonyl (C=O) groups excluding carboxylic acids is 1. The molecule has 0 radical (unpaired) electrons. The SMILES string of the molecule is COc1ccc(Cc2ncc3cc(/C=C/CCC(=O)c4cncn(Cc5ccc(F)c(F)c5)c4=O)ccc3n2)cc1. The van der Waals surface area contributed by atoms with Gasteiger partial charge < -0.3 is 4.74 Å². The quantitative estimate of drug-likeness (QED) is 0.204. The predicted octanol–water partition coefficient (Wildman–Crippen LogP) is 5.79. The molecule has 9 heteroatoms. The molecule has 5 aromatic rings. The normalized spacial score (nSPS) is 11.3. The molecule has 0 aliphatic carbocycles. The number of carbonyl (C=O) groups is 1. The van der Waals surface area contributed by atoms with Crippen molar-refractivity contribution in [1.29, 1.82) is 0 Å². The molecule has 0 fully saturated rings. The molecule has 206 valence electrons. The Morgan fingerprint density at radius 1 is 0.976 bits per heavy atom. The maximum atomic E-state index is 13.5. The Kier molecular flexibility index (Phi) is 8.34. The van der Waals surface area contributed by atoms with Gasteiger partial charge in [-0.2, -0.15) is 0 Å². The molecule has 3 aromatic carbocycles. The van der Waals surface area contributed by atoms with Crippen molar-refractivity contribution in [2.75, 3.05) is 7.11 Å². The van der Waals surface area contributed by atoms with E-state index in [4.69, 9.17) is 4.74 Å². The van der Waals surface area contributed by atoms with Crippen molar-refractivity contribution in [3.05, 3.63) is 136 Å². The second-order valence-corrected chi connectivity index (χ2v) is 9.48. The van der Waals surface area contributed by atoms with E-state index in [1.807, 2.05) is 54.6 Å². The summed E-state index contributed by atoms with van der Waals surface area (Å²) in [6.45, 7) is -0.0291. The molecular weight excluding hydrogens is 526 g/mol. The molecule has 2 heterocycles. The summed E-state index contributed by atoms with van der Waals surface area (Å²) < 4.78 is 33.1. The third-order valence-corrected chi connectivity index (χ3v) is 6.56. The molecule has 0 spiro atoms. The van der Waals surface area contributed by atoms with Gasteiger partial charge in [0.2, 0.25) is 0 Å². The third kappa shape index (κ3) is 6.75. The highest BCUT2D eigenvalue weighted by molar-refractivity contribution is 5.95. The molecule has 41 heavy (non-hydrogen) atoms. The summed E-state index contributed by atoms with van der Waals surface area (Å²) in [6.07, 6.45) is 9.24. The molecular formula is C32H26F2N4O3. The van der Waals surface area contributed by atoms with Gasteiger partial charge in [0, 0.05) is 30.6 Å². The average molecular weight is 553 g/mol. The van der Waals surface area contributed by atoms with Crippen LogP contribution in [0.25, 0.3) is 17.0 Å². The van der Waals surface area contributed by atoms with Gasteiger partial charge in [0.05, 0.1) is 25.5 Å². The van der Waals surface area contributed by atoms with E-state index in [0.717, 1.165) is 45.7 Å². The zero-order valence-electron chi connectivity index (χ0n) is 22.3. The third-order valence-electron chi connectivity index (χ3n) is 6.56. The first-order valence-electron chi connectivity index (χ1n) is 13.0. The van der Waals surface area contributed by atoms with Gasteiger partial charge in [0.15, 0.2) is 17.4 Å². The Labute approximate surface area is 234 Å². The number of aromatic nitrogens is 4. The van der Waals surface area contributed by atoms with Crippen molar-refractivity contribution in [3.8, 4) is 5.75 Å². The van der Waals surface area contributed by atoms with Gasteiger partial charge in [-0.15, -0.1) is 0 Å². The molecule has 0 saturated heterocycles. The lowest BCUT2D eigenvalue weighted by molar-refractivity contribution is 0.0981. The first-order chi connectivity index (χ1) is 19.9. The minimum atomic E-state index is -1.00. The predicted molar refractivity (Wildman–Crippen MR) is 152 cm³/mol. The molecule has 0 aliphatic heterocycles. The minimum Gasteiger partial charge on any atom is -0.497 e. The van der Waals surface area contributed by atoms with Gasteiger partial charge in [-0.05, 0) is 59.5 Å². The van der Waals surface area contributed by atoms with Crippen LogP contribution < -0.4 is 10.3 Å². The Hall–Kier alpha value is -5.05. The number of halogens is 2. The fraction of sp³-hybridized carbons (Fsp3) is 0.156. The summed E-state index contributed by atoms with van der Waals surface area (Å²) in [5, 5.41) is 0.902. The second kappa shape index (κ2) is 12.4. The molecule has 0 N–H and O–H groups in total. The Balaban J connectivity index is 1.19. The first-order valence-corrected chi connectivity index (χ1v) is 13.0. The van der Waals surface area contributed by atoms with Crippen molar-refractivity contribution < 1.29 is 18.3 Å². The number of hydrogen-bond acceptors (Lipinski definition) is 6. The van der Waals surface area contributed by atoms with E-state index in [-0.39, 0.29) is 24.3 Å². The van der Waals surface area contributed by atoms with Gasteiger partial charge in [-0.3, -0.25) is 14.2 Å². The molecule has 7 nitrogen and oxygen atoms in total. The van der Waals surface area contributed by atoms with Crippen molar-refractivity contribution >= 4 is 22.8 Å². The largest absolute Gasteiger partial charge is 0.497 e. The number of benzene rings is 3. The summed E-state index contributed by atoms with van der Waals surface area (Å²) in [5.41, 5.74) is 2.68. The number of Topliss-reactive ketones (excluding diaryl/α,β-unsaturated/α-hetero) is 1. The number of fused-ring (bicyclic) bond motifs is 1. The smallest absolute Gasteiger partial charge is 0.264 e. The van der Waals surface area contributed by atoms with Gasteiger partial charge >= 0.3 is 0 Å². The monoisotopic (exact) mass is 552 g/mol. The minimum absolute atomic E-state index is 0.0291. The van der Waals surface area contributed by atoms with E-state index >= 15 is 0 Å². The lowest BCUT2D eigenvalue weighted by Gasteiger charge is -2.07. The zero-order valence-corrected chi connectivity index (χ0v) is 22.3. The Morgan fingerprint density at radius 2 is 1.78 bits per heavy atom. The Bertz CT molecular complexity index is 1800. The van der Waals surface area contributed by atoms with Crippen LogP contribution in [0.2, 0.25) is 0 Å². The van der Waals surface area contributed by atoms with Gasteiger partial charge in [0.1, 0.15) is 17.1 Å². The highest BCUT2D eigenvalue weighted by atomic mass is 19.2. The van der Waals surface area contributed by atoms with E-state index in [2.05, 4.69) is 15.0 Å². The van der Waals surface area contributed by atoms with Gasteiger partial charge in [-0.1, -0.05) is 36.4 Å². The summed E-state index contributed by atoms with van der Waals surface area (Å²) in [7, 11) is 1.63. The molecule has 0 amide bonds. The van der Waals surface area contributed by atoms with Crippen LogP contribution in [0.1, 0.15) is 45.7 Å². The maximum absolute atomic E-state index is 13.5. The number of ketones is 1. The molecule has 0 saturated carbocycles. The van der Waals surface area contributed by atoms with E-state index in [9.17, 15) is 18.4 Å². The van der Waals surface area contributed by atoms with Crippen LogP contribution >= 0.6 is 0 Å². The number of rotatable bonds is 10. The van der Waals surface area contributed by atoms with Crippen LogP contribution in [0.5, 0.6) is 5.75 Å². The number of methoxy groups -OCH3 is 1. The number of nitrogens with zero attached hydrogens (tertiary/aromatic N) is 4. The number of ether oxygens (including phenoxy) is 1. The second-order valence-electron chi connectivity index (χ2n) is 9.48. The summed E-state index contributed by atoms with van der Waals surface area (Å²) >= 11 is 0. The zero-order chi connectivity index (χ0) is 28.8. The number of hydrogen-bond donors (Lipinski definition) is 0. The van der Waals surface area contributed by atoms with Crippen molar-refractivity contribution in [2.45, 2.75) is 25.8 Å². The summed E-state index contributed by atoms with van der Waals surface area (Å²) in [5.74, 6) is -0.790. The fourth-order valence-electron chi connectivity index (χ4n) is 4.36. The van der Waals surface area contributed by atoms with E-state index < -0.39 is 17.2 Å². The highest BCUT2D eigenvalue weighted by Crippen LogP contribution is 2.18. The van der Waals surface area contributed by atoms with Crippen molar-refractivity contribution in [1.82, 2.24) is 19.5 Å². The topological polar surface area (TPSA) is 87.0 Å². The molecule has 0 atom stereocenters. The van der Waals surface area contributed by atoms with Gasteiger partial charge in [-0.25, -0.2) is 23.7 Å². The maximum Gasteiger partial charge on any atom is 0.264 e. The average Bonchev–Trinajstić information content (AvgIpc) is 2.98. The fourth-order valence-corrected chi connectivity index (χ4v) is 4.36. The van der Waals surface area contributed by atoms with E-state index in [1.54, 1.807) is 13.3 Å². The lowest BCUT2D eigenvalue weighted by Crippen LogP contribution is -2.27. The van der Waals surface area contributed by atoms with Crippen molar-refractivity contribution in [2.24, 2.45) is 0 Å². The van der Waals surface area contributed by atoms with Crippen LogP contribution in [-0.4, -0.2) is 32.4 Å². The van der Waals surface area contributed by atoms with Crippen LogP contribution in [0.15, 0.2) is 90.3 Å². The van der Waals surface area contributed by atoms with Crippen LogP contribution in [0.4, 0.5) is 8.78 Å². The molecule has 0 aliphatic rings.